The van der Waals surface area contributed by atoms with E-state index in [1.54, 1.807) is 0 Å². The van der Waals surface area contributed by atoms with Crippen molar-refractivity contribution in [2.75, 3.05) is 25.2 Å². The Labute approximate surface area is 101 Å². The fourth-order valence-corrected chi connectivity index (χ4v) is 1.99. The van der Waals surface area contributed by atoms with Crippen LogP contribution in [0.2, 0.25) is 0 Å². The van der Waals surface area contributed by atoms with Gasteiger partial charge in [-0.25, -0.2) is 17.2 Å². The minimum absolute atomic E-state index is 0.100. The fourth-order valence-electron chi connectivity index (χ4n) is 1.30. The summed E-state index contributed by atoms with van der Waals surface area (Å²) in [5.41, 5.74) is 2.51. The van der Waals surface area contributed by atoms with Crippen LogP contribution in [-0.4, -0.2) is 46.1 Å². The third-order valence-corrected chi connectivity index (χ3v) is 3.19. The molecule has 17 heavy (non-hydrogen) atoms. The molecule has 1 unspecified atom stereocenters. The van der Waals surface area contributed by atoms with Crippen molar-refractivity contribution >= 4 is 9.84 Å². The summed E-state index contributed by atoms with van der Waals surface area (Å²) in [5.74, 6) is 5.36. The lowest BCUT2D eigenvalue weighted by atomic mass is 10.1. The maximum absolute atomic E-state index is 11.7. The van der Waals surface area contributed by atoms with Crippen LogP contribution in [0, 0.1) is 0 Å². The number of alkyl halides is 2. The largest absolute Gasteiger partial charge is 0.375 e. The topological polar surface area (TPSA) is 81.4 Å². The van der Waals surface area contributed by atoms with Crippen LogP contribution < -0.4 is 11.3 Å². The number of rotatable bonds is 10. The average molecular weight is 274 g/mol. The summed E-state index contributed by atoms with van der Waals surface area (Å²) in [4.78, 5) is 0. The molecule has 0 aliphatic heterocycles. The molecule has 0 saturated heterocycles. The molecule has 0 heterocycles. The van der Waals surface area contributed by atoms with Gasteiger partial charge in [-0.05, 0) is 19.3 Å². The lowest BCUT2D eigenvalue weighted by Gasteiger charge is -2.15. The third kappa shape index (κ3) is 11.9. The zero-order valence-corrected chi connectivity index (χ0v) is 10.7. The Kier molecular flexibility index (Phi) is 8.57. The predicted octanol–water partition coefficient (Wildman–Crippen LogP) is 0.315. The number of sulfone groups is 1. The standard InChI is InChI=1S/C9H20F2N2O3S/c1-17(14,15)6-2-3-8(13-12)4-5-16-7-9(10)11/h8-9,13H,2-7,12H2,1H3. The van der Waals surface area contributed by atoms with Crippen LogP contribution >= 0.6 is 0 Å². The van der Waals surface area contributed by atoms with Crippen LogP contribution in [0.4, 0.5) is 8.78 Å². The predicted molar refractivity (Wildman–Crippen MR) is 61.5 cm³/mol. The molecule has 0 fully saturated rings. The number of ether oxygens (including phenoxy) is 1. The SMILES string of the molecule is CS(=O)(=O)CCCC(CCOCC(F)F)NN. The van der Waals surface area contributed by atoms with E-state index in [1.165, 1.54) is 6.26 Å². The molecule has 0 bridgehead atoms. The van der Waals surface area contributed by atoms with Crippen molar-refractivity contribution in [1.29, 1.82) is 0 Å². The average Bonchev–Trinajstić information content (AvgIpc) is 2.19. The van der Waals surface area contributed by atoms with Gasteiger partial charge >= 0.3 is 0 Å². The first-order valence-corrected chi connectivity index (χ1v) is 7.41. The van der Waals surface area contributed by atoms with Gasteiger partial charge in [0.2, 0.25) is 0 Å². The molecule has 104 valence electrons. The number of hydrogen-bond acceptors (Lipinski definition) is 5. The van der Waals surface area contributed by atoms with Gasteiger partial charge in [0.1, 0.15) is 16.4 Å². The molecule has 0 aromatic heterocycles. The highest BCUT2D eigenvalue weighted by molar-refractivity contribution is 7.90. The van der Waals surface area contributed by atoms with E-state index < -0.39 is 22.9 Å². The van der Waals surface area contributed by atoms with Gasteiger partial charge in [-0.3, -0.25) is 11.3 Å². The minimum Gasteiger partial charge on any atom is -0.375 e. The van der Waals surface area contributed by atoms with Gasteiger partial charge in [-0.1, -0.05) is 0 Å². The first-order chi connectivity index (χ1) is 7.85. The van der Waals surface area contributed by atoms with Gasteiger partial charge in [0, 0.05) is 24.7 Å². The highest BCUT2D eigenvalue weighted by Crippen LogP contribution is 2.04. The quantitative estimate of drug-likeness (QED) is 0.340. The Bertz CT molecular complexity index is 286. The van der Waals surface area contributed by atoms with E-state index in [0.717, 1.165) is 0 Å². The maximum atomic E-state index is 11.7. The summed E-state index contributed by atoms with van der Waals surface area (Å²) in [5, 5.41) is 0. The minimum atomic E-state index is -2.96. The molecule has 1 atom stereocenters. The summed E-state index contributed by atoms with van der Waals surface area (Å²) >= 11 is 0. The maximum Gasteiger partial charge on any atom is 0.261 e. The Morgan fingerprint density at radius 1 is 1.35 bits per heavy atom. The highest BCUT2D eigenvalue weighted by Gasteiger charge is 2.10. The monoisotopic (exact) mass is 274 g/mol. The number of hydrazine groups is 1. The molecular weight excluding hydrogens is 254 g/mol. The summed E-state index contributed by atoms with van der Waals surface area (Å²) < 4.78 is 50.0. The second-order valence-corrected chi connectivity index (χ2v) is 6.15. The molecule has 0 amide bonds. The number of halogens is 2. The van der Waals surface area contributed by atoms with Crippen molar-refractivity contribution in [3.05, 3.63) is 0 Å². The lowest BCUT2D eigenvalue weighted by molar-refractivity contribution is 0.0142. The Morgan fingerprint density at radius 2 is 2.00 bits per heavy atom. The second-order valence-electron chi connectivity index (χ2n) is 3.89. The molecule has 0 aliphatic carbocycles. The van der Waals surface area contributed by atoms with E-state index in [1.807, 2.05) is 0 Å². The third-order valence-electron chi connectivity index (χ3n) is 2.16. The van der Waals surface area contributed by atoms with Crippen molar-refractivity contribution in [3.63, 3.8) is 0 Å². The first-order valence-electron chi connectivity index (χ1n) is 5.35. The smallest absolute Gasteiger partial charge is 0.261 e. The van der Waals surface area contributed by atoms with Crippen LogP contribution in [0.1, 0.15) is 19.3 Å². The van der Waals surface area contributed by atoms with Gasteiger partial charge in [-0.15, -0.1) is 0 Å². The zero-order valence-electron chi connectivity index (χ0n) is 9.86. The van der Waals surface area contributed by atoms with Crippen molar-refractivity contribution < 1.29 is 21.9 Å². The van der Waals surface area contributed by atoms with Crippen molar-refractivity contribution in [3.8, 4) is 0 Å². The normalized spacial score (nSPS) is 14.2. The number of nitrogens with two attached hydrogens (primary N) is 1. The fraction of sp³-hybridized carbons (Fsp3) is 1.00. The summed E-state index contributed by atoms with van der Waals surface area (Å²) in [7, 11) is -2.96. The summed E-state index contributed by atoms with van der Waals surface area (Å²) in [6.45, 7) is -0.404. The number of hydrogen-bond donors (Lipinski definition) is 2. The highest BCUT2D eigenvalue weighted by atomic mass is 32.2. The van der Waals surface area contributed by atoms with Crippen LogP contribution in [0.15, 0.2) is 0 Å². The zero-order chi connectivity index (χ0) is 13.3. The van der Waals surface area contributed by atoms with Crippen LogP contribution in [0.5, 0.6) is 0 Å². The molecule has 3 N–H and O–H groups in total. The van der Waals surface area contributed by atoms with Crippen LogP contribution in [0.25, 0.3) is 0 Å². The molecule has 5 nitrogen and oxygen atoms in total. The van der Waals surface area contributed by atoms with E-state index >= 15 is 0 Å². The van der Waals surface area contributed by atoms with Gasteiger partial charge in [0.25, 0.3) is 6.43 Å². The Hall–Kier alpha value is -0.310. The molecule has 8 heteroatoms. The Morgan fingerprint density at radius 3 is 2.47 bits per heavy atom. The second kappa shape index (κ2) is 8.73. The molecule has 0 spiro atoms. The molecule has 0 aromatic carbocycles. The first kappa shape index (κ1) is 16.7. The Balaban J connectivity index is 3.63. The van der Waals surface area contributed by atoms with Gasteiger partial charge in [0.15, 0.2) is 0 Å². The van der Waals surface area contributed by atoms with Crippen molar-refractivity contribution in [2.45, 2.75) is 31.7 Å². The van der Waals surface area contributed by atoms with E-state index in [2.05, 4.69) is 5.43 Å². The van der Waals surface area contributed by atoms with Crippen molar-refractivity contribution in [1.82, 2.24) is 5.43 Å². The molecule has 0 aromatic rings. The summed E-state index contributed by atoms with van der Waals surface area (Å²) in [6.07, 6.45) is 0.241. The molecule has 0 radical (unpaired) electrons. The molecule has 0 saturated carbocycles. The van der Waals surface area contributed by atoms with E-state index in [-0.39, 0.29) is 18.4 Å². The van der Waals surface area contributed by atoms with E-state index in [4.69, 9.17) is 10.6 Å². The van der Waals surface area contributed by atoms with E-state index in [9.17, 15) is 17.2 Å². The van der Waals surface area contributed by atoms with E-state index in [0.29, 0.717) is 19.3 Å². The van der Waals surface area contributed by atoms with Gasteiger partial charge < -0.3 is 4.74 Å². The summed E-state index contributed by atoms with van der Waals surface area (Å²) in [6, 6.07) is -0.116. The van der Waals surface area contributed by atoms with Crippen LogP contribution in [-0.2, 0) is 14.6 Å². The van der Waals surface area contributed by atoms with Gasteiger partial charge in [0.05, 0.1) is 0 Å². The van der Waals surface area contributed by atoms with Crippen molar-refractivity contribution in [2.24, 2.45) is 5.84 Å². The number of nitrogens with one attached hydrogen (secondary N) is 1. The van der Waals surface area contributed by atoms with Gasteiger partial charge in [-0.2, -0.15) is 0 Å². The lowest BCUT2D eigenvalue weighted by Crippen LogP contribution is -2.36. The van der Waals surface area contributed by atoms with Crippen LogP contribution in [0.3, 0.4) is 0 Å². The molecule has 0 aliphatic rings. The molecule has 0 rings (SSSR count). The molecular formula is C9H20F2N2O3S.